The zero-order valence-electron chi connectivity index (χ0n) is 15.7. The Morgan fingerprint density at radius 1 is 0.931 bits per heavy atom. The lowest BCUT2D eigenvalue weighted by atomic mass is 10.2. The normalized spacial score (nSPS) is 10.8. The highest BCUT2D eigenvalue weighted by molar-refractivity contribution is 7.99. The second-order valence-electron chi connectivity index (χ2n) is 6.43. The first-order valence-electron chi connectivity index (χ1n) is 9.27. The fraction of sp³-hybridized carbons (Fsp3) is 0.130. The zero-order valence-corrected chi connectivity index (χ0v) is 16.5. The van der Waals surface area contributed by atoms with Gasteiger partial charge >= 0.3 is 0 Å². The van der Waals surface area contributed by atoms with Crippen LogP contribution < -0.4 is 10.1 Å². The Labute approximate surface area is 173 Å². The van der Waals surface area contributed by atoms with Crippen LogP contribution in [0, 0.1) is 0 Å². The van der Waals surface area contributed by atoms with E-state index in [1.165, 1.54) is 11.8 Å². The Balaban J connectivity index is 1.21. The summed E-state index contributed by atoms with van der Waals surface area (Å²) >= 11 is 1.29. The van der Waals surface area contributed by atoms with Crippen LogP contribution in [-0.2, 0) is 17.9 Å². The smallest absolute Gasteiger partial charge is 0.257 e. The maximum Gasteiger partial charge on any atom is 0.257 e. The van der Waals surface area contributed by atoms with Crippen molar-refractivity contribution >= 4 is 28.8 Å². The molecule has 3 aromatic carbocycles. The summed E-state index contributed by atoms with van der Waals surface area (Å²) in [5, 5.41) is 3.41. The van der Waals surface area contributed by atoms with Crippen LogP contribution in [0.1, 0.15) is 11.1 Å². The molecule has 0 aliphatic heterocycles. The minimum atomic E-state index is -0.0679. The number of carbonyl (C=O) groups excluding carboxylic acids is 1. The number of amides is 1. The zero-order chi connectivity index (χ0) is 19.9. The van der Waals surface area contributed by atoms with Gasteiger partial charge in [-0.1, -0.05) is 66.4 Å². The third-order valence-corrected chi connectivity index (χ3v) is 5.09. The third-order valence-electron chi connectivity index (χ3n) is 4.26. The summed E-state index contributed by atoms with van der Waals surface area (Å²) in [5.41, 5.74) is 3.66. The van der Waals surface area contributed by atoms with Gasteiger partial charge in [-0.3, -0.25) is 4.79 Å². The van der Waals surface area contributed by atoms with Crippen molar-refractivity contribution in [2.45, 2.75) is 18.4 Å². The van der Waals surface area contributed by atoms with Crippen molar-refractivity contribution in [3.05, 3.63) is 90.0 Å². The fourth-order valence-electron chi connectivity index (χ4n) is 2.74. The topological polar surface area (TPSA) is 64.4 Å². The Hall–Kier alpha value is -3.25. The Kier molecular flexibility index (Phi) is 6.12. The van der Waals surface area contributed by atoms with Crippen LogP contribution in [-0.4, -0.2) is 16.6 Å². The molecule has 0 saturated carbocycles. The number of nitrogens with one attached hydrogen (secondary N) is 1. The lowest BCUT2D eigenvalue weighted by molar-refractivity contribution is -0.118. The van der Waals surface area contributed by atoms with Gasteiger partial charge in [0.05, 0.1) is 5.75 Å². The molecule has 0 aliphatic rings. The second-order valence-corrected chi connectivity index (χ2v) is 7.36. The lowest BCUT2D eigenvalue weighted by Gasteiger charge is -2.08. The Bertz CT molecular complexity index is 1050. The minimum absolute atomic E-state index is 0.0679. The predicted octanol–water partition coefficient (Wildman–Crippen LogP) is 4.82. The number of ether oxygens (including phenoxy) is 1. The van der Waals surface area contributed by atoms with E-state index in [9.17, 15) is 4.79 Å². The fourth-order valence-corrected chi connectivity index (χ4v) is 3.40. The van der Waals surface area contributed by atoms with Crippen molar-refractivity contribution in [3.8, 4) is 5.75 Å². The van der Waals surface area contributed by atoms with E-state index in [-0.39, 0.29) is 11.7 Å². The number of carbonyl (C=O) groups is 1. The number of hydrogen-bond donors (Lipinski definition) is 1. The summed E-state index contributed by atoms with van der Waals surface area (Å²) in [6.45, 7) is 0.996. The monoisotopic (exact) mass is 404 g/mol. The predicted molar refractivity (Wildman–Crippen MR) is 114 cm³/mol. The van der Waals surface area contributed by atoms with Crippen LogP contribution in [0.4, 0.5) is 0 Å². The van der Waals surface area contributed by atoms with E-state index >= 15 is 0 Å². The molecule has 6 heteroatoms. The molecule has 1 aromatic heterocycles. The second kappa shape index (κ2) is 9.30. The van der Waals surface area contributed by atoms with Crippen LogP contribution in [0.5, 0.6) is 5.75 Å². The number of benzene rings is 3. The SMILES string of the molecule is O=C(CSc1nc2ccccc2o1)NCc1ccc(OCc2ccccc2)cc1. The maximum atomic E-state index is 12.1. The molecular weight excluding hydrogens is 384 g/mol. The molecule has 0 bridgehead atoms. The molecule has 0 fully saturated rings. The molecule has 0 radical (unpaired) electrons. The molecule has 4 rings (SSSR count). The van der Waals surface area contributed by atoms with Gasteiger partial charge in [0.2, 0.25) is 5.91 Å². The quantitative estimate of drug-likeness (QED) is 0.427. The highest BCUT2D eigenvalue weighted by atomic mass is 32.2. The van der Waals surface area contributed by atoms with Gasteiger partial charge in [-0.25, -0.2) is 4.98 Å². The third kappa shape index (κ3) is 5.39. The van der Waals surface area contributed by atoms with Gasteiger partial charge in [-0.2, -0.15) is 0 Å². The van der Waals surface area contributed by atoms with E-state index in [1.807, 2.05) is 78.9 Å². The van der Waals surface area contributed by atoms with E-state index < -0.39 is 0 Å². The number of oxazole rings is 1. The molecule has 5 nitrogen and oxygen atoms in total. The van der Waals surface area contributed by atoms with Crippen LogP contribution in [0.2, 0.25) is 0 Å². The number of fused-ring (bicyclic) bond motifs is 1. The Morgan fingerprint density at radius 3 is 2.48 bits per heavy atom. The Morgan fingerprint density at radius 2 is 1.69 bits per heavy atom. The van der Waals surface area contributed by atoms with Crippen molar-refractivity contribution < 1.29 is 13.9 Å². The summed E-state index contributed by atoms with van der Waals surface area (Å²) < 4.78 is 11.4. The van der Waals surface area contributed by atoms with E-state index in [2.05, 4.69) is 10.3 Å². The maximum absolute atomic E-state index is 12.1. The lowest BCUT2D eigenvalue weighted by Crippen LogP contribution is -2.24. The molecule has 0 atom stereocenters. The summed E-state index contributed by atoms with van der Waals surface area (Å²) in [5.74, 6) is 0.988. The number of thioether (sulfide) groups is 1. The van der Waals surface area contributed by atoms with E-state index in [0.717, 1.165) is 28.0 Å². The highest BCUT2D eigenvalue weighted by Gasteiger charge is 2.09. The molecular formula is C23H20N2O3S. The number of nitrogens with zero attached hydrogens (tertiary/aromatic N) is 1. The summed E-state index contributed by atoms with van der Waals surface area (Å²) in [6, 6.07) is 25.3. The molecule has 0 spiro atoms. The molecule has 1 heterocycles. The first-order chi connectivity index (χ1) is 14.3. The van der Waals surface area contributed by atoms with E-state index in [0.29, 0.717) is 18.4 Å². The van der Waals surface area contributed by atoms with Gasteiger partial charge in [0, 0.05) is 6.54 Å². The van der Waals surface area contributed by atoms with Gasteiger partial charge in [0.15, 0.2) is 5.58 Å². The highest BCUT2D eigenvalue weighted by Crippen LogP contribution is 2.22. The summed E-state index contributed by atoms with van der Waals surface area (Å²) in [4.78, 5) is 16.5. The molecule has 0 unspecified atom stereocenters. The van der Waals surface area contributed by atoms with Crippen molar-refractivity contribution in [2.75, 3.05) is 5.75 Å². The summed E-state index contributed by atoms with van der Waals surface area (Å²) in [7, 11) is 0. The largest absolute Gasteiger partial charge is 0.489 e. The number of para-hydroxylation sites is 2. The minimum Gasteiger partial charge on any atom is -0.489 e. The van der Waals surface area contributed by atoms with Gasteiger partial charge in [0.25, 0.3) is 5.22 Å². The first-order valence-corrected chi connectivity index (χ1v) is 10.3. The van der Waals surface area contributed by atoms with Gasteiger partial charge < -0.3 is 14.5 Å². The molecule has 1 amide bonds. The van der Waals surface area contributed by atoms with E-state index in [4.69, 9.17) is 9.15 Å². The number of rotatable bonds is 8. The van der Waals surface area contributed by atoms with Crippen molar-refractivity contribution in [3.63, 3.8) is 0 Å². The standard InChI is InChI=1S/C23H20N2O3S/c26-22(16-29-23-25-20-8-4-5-9-21(20)28-23)24-14-17-10-12-19(13-11-17)27-15-18-6-2-1-3-7-18/h1-13H,14-16H2,(H,24,26). The molecule has 0 aliphatic carbocycles. The average molecular weight is 404 g/mol. The van der Waals surface area contributed by atoms with Crippen LogP contribution >= 0.6 is 11.8 Å². The number of hydrogen-bond acceptors (Lipinski definition) is 5. The molecule has 1 N–H and O–H groups in total. The van der Waals surface area contributed by atoms with Crippen LogP contribution in [0.25, 0.3) is 11.1 Å². The van der Waals surface area contributed by atoms with Crippen LogP contribution in [0.3, 0.4) is 0 Å². The average Bonchev–Trinajstić information content (AvgIpc) is 3.19. The van der Waals surface area contributed by atoms with Crippen molar-refractivity contribution in [1.82, 2.24) is 10.3 Å². The van der Waals surface area contributed by atoms with E-state index in [1.54, 1.807) is 0 Å². The van der Waals surface area contributed by atoms with Crippen molar-refractivity contribution in [1.29, 1.82) is 0 Å². The summed E-state index contributed by atoms with van der Waals surface area (Å²) in [6.07, 6.45) is 0. The van der Waals surface area contributed by atoms with Crippen molar-refractivity contribution in [2.24, 2.45) is 0 Å². The van der Waals surface area contributed by atoms with Gasteiger partial charge in [0.1, 0.15) is 17.9 Å². The number of aromatic nitrogens is 1. The van der Waals surface area contributed by atoms with Gasteiger partial charge in [-0.05, 0) is 35.4 Å². The molecule has 146 valence electrons. The molecule has 4 aromatic rings. The van der Waals surface area contributed by atoms with Crippen LogP contribution in [0.15, 0.2) is 88.5 Å². The first kappa shape index (κ1) is 19.1. The molecule has 0 saturated heterocycles. The molecule has 29 heavy (non-hydrogen) atoms. The van der Waals surface area contributed by atoms with Gasteiger partial charge in [-0.15, -0.1) is 0 Å².